The van der Waals surface area contributed by atoms with E-state index in [1.165, 1.54) is 12.8 Å². The first kappa shape index (κ1) is 15.5. The standard InChI is InChI=1S/C18H26N6O/c1-22(12-18(25)8-2-3-9-18)14-10-23(11-14)16-7-6-15-19-20-17(13-4-5-13)24(15)21-16/h6-7,13-14,25H,2-5,8-12H2,1H3. The van der Waals surface area contributed by atoms with E-state index in [1.807, 2.05) is 16.6 Å². The predicted octanol–water partition coefficient (Wildman–Crippen LogP) is 1.43. The summed E-state index contributed by atoms with van der Waals surface area (Å²) in [6, 6.07) is 4.55. The first-order chi connectivity index (χ1) is 12.1. The van der Waals surface area contributed by atoms with Gasteiger partial charge in [0.25, 0.3) is 0 Å². The molecule has 3 fully saturated rings. The van der Waals surface area contributed by atoms with E-state index >= 15 is 0 Å². The van der Waals surface area contributed by atoms with Crippen LogP contribution in [0.1, 0.15) is 50.3 Å². The molecule has 0 unspecified atom stereocenters. The van der Waals surface area contributed by atoms with E-state index in [1.54, 1.807) is 0 Å². The number of hydrogen-bond acceptors (Lipinski definition) is 6. The Hall–Kier alpha value is -1.73. The molecule has 0 aromatic carbocycles. The van der Waals surface area contributed by atoms with E-state index < -0.39 is 5.60 Å². The fourth-order valence-electron chi connectivity index (χ4n) is 4.27. The Morgan fingerprint density at radius 2 is 1.96 bits per heavy atom. The Balaban J connectivity index is 1.25. The highest BCUT2D eigenvalue weighted by Crippen LogP contribution is 2.39. The number of rotatable bonds is 5. The summed E-state index contributed by atoms with van der Waals surface area (Å²) >= 11 is 0. The molecule has 25 heavy (non-hydrogen) atoms. The smallest absolute Gasteiger partial charge is 0.178 e. The van der Waals surface area contributed by atoms with Crippen LogP contribution in [-0.4, -0.2) is 68.1 Å². The summed E-state index contributed by atoms with van der Waals surface area (Å²) in [5.41, 5.74) is 0.372. The van der Waals surface area contributed by atoms with Gasteiger partial charge < -0.3 is 10.0 Å². The summed E-state index contributed by atoms with van der Waals surface area (Å²) < 4.78 is 1.92. The molecule has 1 aliphatic heterocycles. The molecule has 3 aliphatic rings. The van der Waals surface area contributed by atoms with Crippen molar-refractivity contribution < 1.29 is 5.11 Å². The molecule has 0 bridgehead atoms. The quantitative estimate of drug-likeness (QED) is 0.886. The molecule has 0 amide bonds. The zero-order valence-corrected chi connectivity index (χ0v) is 14.8. The molecule has 1 saturated heterocycles. The van der Waals surface area contributed by atoms with E-state index in [9.17, 15) is 5.11 Å². The highest BCUT2D eigenvalue weighted by molar-refractivity contribution is 5.48. The Morgan fingerprint density at radius 1 is 1.20 bits per heavy atom. The highest BCUT2D eigenvalue weighted by atomic mass is 16.3. The van der Waals surface area contributed by atoms with Crippen LogP contribution in [0.4, 0.5) is 5.82 Å². The van der Waals surface area contributed by atoms with Crippen LogP contribution in [0.3, 0.4) is 0 Å². The molecule has 2 aliphatic carbocycles. The van der Waals surface area contributed by atoms with Crippen molar-refractivity contribution in [3.63, 3.8) is 0 Å². The Bertz CT molecular complexity index is 773. The molecule has 2 aromatic rings. The monoisotopic (exact) mass is 342 g/mol. The molecule has 2 aromatic heterocycles. The zero-order chi connectivity index (χ0) is 17.0. The first-order valence-electron chi connectivity index (χ1n) is 9.51. The Morgan fingerprint density at radius 3 is 2.68 bits per heavy atom. The van der Waals surface area contributed by atoms with E-state index in [4.69, 9.17) is 5.10 Å². The largest absolute Gasteiger partial charge is 0.389 e. The molecule has 0 spiro atoms. The summed E-state index contributed by atoms with van der Waals surface area (Å²) in [7, 11) is 2.14. The average molecular weight is 342 g/mol. The van der Waals surface area contributed by atoms with Gasteiger partial charge in [-0.3, -0.25) is 4.90 Å². The Kier molecular flexibility index (Phi) is 3.50. The predicted molar refractivity (Wildman–Crippen MR) is 94.8 cm³/mol. The summed E-state index contributed by atoms with van der Waals surface area (Å²) in [6.45, 7) is 2.72. The van der Waals surface area contributed by atoms with Crippen molar-refractivity contribution in [2.24, 2.45) is 0 Å². The number of aromatic nitrogens is 4. The molecule has 7 heteroatoms. The molecule has 7 nitrogen and oxygen atoms in total. The van der Waals surface area contributed by atoms with Gasteiger partial charge in [0.15, 0.2) is 11.5 Å². The van der Waals surface area contributed by atoms with Crippen molar-refractivity contribution in [2.45, 2.75) is 56.1 Å². The SMILES string of the molecule is CN(CC1(O)CCCC1)C1CN(c2ccc3nnc(C4CC4)n3n2)C1. The fourth-order valence-corrected chi connectivity index (χ4v) is 4.27. The number of aliphatic hydroxyl groups is 1. The van der Waals surface area contributed by atoms with Gasteiger partial charge in [-0.25, -0.2) is 0 Å². The van der Waals surface area contributed by atoms with E-state index in [0.717, 1.165) is 62.6 Å². The van der Waals surface area contributed by atoms with Gasteiger partial charge in [-0.15, -0.1) is 15.3 Å². The lowest BCUT2D eigenvalue weighted by atomic mass is 9.99. The van der Waals surface area contributed by atoms with Gasteiger partial charge in [-0.2, -0.15) is 4.52 Å². The van der Waals surface area contributed by atoms with Gasteiger partial charge in [0.1, 0.15) is 5.82 Å². The summed E-state index contributed by atoms with van der Waals surface area (Å²) in [5, 5.41) is 23.9. The van der Waals surface area contributed by atoms with Crippen LogP contribution in [0.2, 0.25) is 0 Å². The van der Waals surface area contributed by atoms with Crippen LogP contribution in [-0.2, 0) is 0 Å². The van der Waals surface area contributed by atoms with Crippen LogP contribution in [0, 0.1) is 0 Å². The van der Waals surface area contributed by atoms with Crippen molar-refractivity contribution in [3.05, 3.63) is 18.0 Å². The molecule has 0 radical (unpaired) electrons. The van der Waals surface area contributed by atoms with Crippen LogP contribution < -0.4 is 4.90 Å². The number of anilines is 1. The zero-order valence-electron chi connectivity index (χ0n) is 14.8. The normalized spacial score (nSPS) is 23.6. The highest BCUT2D eigenvalue weighted by Gasteiger charge is 2.38. The van der Waals surface area contributed by atoms with Crippen LogP contribution >= 0.6 is 0 Å². The van der Waals surface area contributed by atoms with Crippen LogP contribution in [0.15, 0.2) is 12.1 Å². The molecule has 1 N–H and O–H groups in total. The van der Waals surface area contributed by atoms with Gasteiger partial charge in [-0.1, -0.05) is 12.8 Å². The van der Waals surface area contributed by atoms with Gasteiger partial charge in [0, 0.05) is 31.6 Å². The minimum Gasteiger partial charge on any atom is -0.389 e. The summed E-state index contributed by atoms with van der Waals surface area (Å²) in [4.78, 5) is 4.63. The second-order valence-electron chi connectivity index (χ2n) is 8.20. The second-order valence-corrected chi connectivity index (χ2v) is 8.20. The van der Waals surface area contributed by atoms with Gasteiger partial charge >= 0.3 is 0 Å². The number of likely N-dealkylation sites (N-methyl/N-ethyl adjacent to an activating group) is 1. The maximum atomic E-state index is 10.6. The summed E-state index contributed by atoms with van der Waals surface area (Å²) in [5.74, 6) is 2.55. The number of fused-ring (bicyclic) bond motifs is 1. The minimum atomic E-state index is -0.464. The third kappa shape index (κ3) is 2.79. The first-order valence-corrected chi connectivity index (χ1v) is 9.51. The molecule has 2 saturated carbocycles. The maximum absolute atomic E-state index is 10.6. The van der Waals surface area contributed by atoms with E-state index in [0.29, 0.717) is 12.0 Å². The van der Waals surface area contributed by atoms with Crippen LogP contribution in [0.25, 0.3) is 5.65 Å². The third-order valence-electron chi connectivity index (χ3n) is 6.10. The number of nitrogens with zero attached hydrogens (tertiary/aromatic N) is 6. The third-order valence-corrected chi connectivity index (χ3v) is 6.10. The maximum Gasteiger partial charge on any atom is 0.178 e. The fraction of sp³-hybridized carbons (Fsp3) is 0.722. The van der Waals surface area contributed by atoms with Crippen LogP contribution in [0.5, 0.6) is 0 Å². The van der Waals surface area contributed by atoms with Gasteiger partial charge in [0.05, 0.1) is 5.60 Å². The molecular formula is C18H26N6O. The van der Waals surface area contributed by atoms with E-state index in [-0.39, 0.29) is 0 Å². The van der Waals surface area contributed by atoms with Crippen molar-refractivity contribution in [1.29, 1.82) is 0 Å². The molecular weight excluding hydrogens is 316 g/mol. The van der Waals surface area contributed by atoms with Crippen molar-refractivity contribution in [3.8, 4) is 0 Å². The summed E-state index contributed by atoms with van der Waals surface area (Å²) in [6.07, 6.45) is 6.62. The lowest BCUT2D eigenvalue weighted by Crippen LogP contribution is -2.61. The Labute approximate surface area is 147 Å². The molecule has 5 rings (SSSR count). The van der Waals surface area contributed by atoms with E-state index in [2.05, 4.69) is 27.0 Å². The van der Waals surface area contributed by atoms with Crippen molar-refractivity contribution in [2.75, 3.05) is 31.6 Å². The van der Waals surface area contributed by atoms with Crippen molar-refractivity contribution >= 4 is 11.5 Å². The lowest BCUT2D eigenvalue weighted by molar-refractivity contribution is 0.00181. The molecule has 0 atom stereocenters. The molecule has 134 valence electrons. The lowest BCUT2D eigenvalue weighted by Gasteiger charge is -2.46. The van der Waals surface area contributed by atoms with Crippen molar-refractivity contribution in [1.82, 2.24) is 24.7 Å². The second kappa shape index (κ2) is 5.64. The average Bonchev–Trinajstić information content (AvgIpc) is 3.16. The number of hydrogen-bond donors (Lipinski definition) is 1. The van der Waals surface area contributed by atoms with Gasteiger partial charge in [0.2, 0.25) is 0 Å². The molecule has 3 heterocycles. The van der Waals surface area contributed by atoms with Gasteiger partial charge in [-0.05, 0) is 44.9 Å². The topological polar surface area (TPSA) is 69.8 Å². The minimum absolute atomic E-state index is 0.464.